The minimum atomic E-state index is -5.23. The van der Waals surface area contributed by atoms with Crippen molar-refractivity contribution in [2.45, 2.75) is 44.4 Å². The highest BCUT2D eigenvalue weighted by atomic mass is 19.4. The molecule has 1 fully saturated rings. The van der Waals surface area contributed by atoms with Crippen LogP contribution in [0.2, 0.25) is 0 Å². The quantitative estimate of drug-likeness (QED) is 0.339. The molecule has 3 N–H and O–H groups in total. The molecule has 1 aromatic heterocycles. The topological polar surface area (TPSA) is 114 Å². The molecule has 3 atom stereocenters. The van der Waals surface area contributed by atoms with Crippen molar-refractivity contribution in [2.75, 3.05) is 31.1 Å². The van der Waals surface area contributed by atoms with Gasteiger partial charge in [0.05, 0.1) is 12.1 Å². The third-order valence-corrected chi connectivity index (χ3v) is 8.68. The van der Waals surface area contributed by atoms with Gasteiger partial charge in [-0.15, -0.1) is 0 Å². The van der Waals surface area contributed by atoms with Crippen LogP contribution in [0, 0.1) is 12.8 Å². The van der Waals surface area contributed by atoms with Gasteiger partial charge in [0.1, 0.15) is 5.69 Å². The summed E-state index contributed by atoms with van der Waals surface area (Å²) in [6, 6.07) is 14.6. The predicted molar refractivity (Wildman–Crippen MR) is 166 cm³/mol. The Morgan fingerprint density at radius 3 is 2.37 bits per heavy atom. The highest BCUT2D eigenvalue weighted by Gasteiger charge is 2.59. The van der Waals surface area contributed by atoms with E-state index in [0.29, 0.717) is 44.4 Å². The Morgan fingerprint density at radius 2 is 1.72 bits per heavy atom. The van der Waals surface area contributed by atoms with Crippen LogP contribution in [0.15, 0.2) is 88.5 Å². The lowest BCUT2D eigenvalue weighted by molar-refractivity contribution is -0.225. The second-order valence-electron chi connectivity index (χ2n) is 11.6. The van der Waals surface area contributed by atoms with Gasteiger partial charge in [-0.05, 0) is 36.3 Å². The van der Waals surface area contributed by atoms with Gasteiger partial charge in [0, 0.05) is 56.9 Å². The Labute approximate surface area is 262 Å². The van der Waals surface area contributed by atoms with Crippen LogP contribution in [0.3, 0.4) is 0 Å². The summed E-state index contributed by atoms with van der Waals surface area (Å²) in [6.07, 6.45) is -1.40. The van der Waals surface area contributed by atoms with E-state index in [1.165, 1.54) is 19.1 Å². The van der Waals surface area contributed by atoms with Crippen LogP contribution in [0.1, 0.15) is 33.2 Å². The van der Waals surface area contributed by atoms with Crippen molar-refractivity contribution < 1.29 is 27.5 Å². The molecule has 1 saturated heterocycles. The first kappa shape index (κ1) is 32.9. The number of aromatic carboxylic acids is 1. The van der Waals surface area contributed by atoms with E-state index in [2.05, 4.69) is 4.90 Å². The molecule has 0 spiro atoms. The molecule has 3 aromatic rings. The smallest absolute Gasteiger partial charge is 0.426 e. The largest absolute Gasteiger partial charge is 0.478 e. The number of carboxylic acids is 1. The highest BCUT2D eigenvalue weighted by Crippen LogP contribution is 2.44. The fraction of sp³-hybridized carbons (Fsp3) is 0.364. The van der Waals surface area contributed by atoms with Crippen molar-refractivity contribution in [3.8, 4) is 0 Å². The minimum Gasteiger partial charge on any atom is -0.478 e. The zero-order chi connectivity index (χ0) is 33.2. The maximum absolute atomic E-state index is 15.5. The summed E-state index contributed by atoms with van der Waals surface area (Å²) < 4.78 is 59.4. The summed E-state index contributed by atoms with van der Waals surface area (Å²) in [7, 11) is 0. The second kappa shape index (κ2) is 13.1. The molecule has 2 unspecified atom stereocenters. The van der Waals surface area contributed by atoms with Gasteiger partial charge in [-0.2, -0.15) is 13.2 Å². The SMILES string of the molecule is Cc1c(N2CCN(Cc3cccc(C(=O)O)c3)CC2)c(=O)n(C[C@H](N)c2ccccc2)c(=O)n1CC1C=CC=CC1(F)C(F)(F)F. The van der Waals surface area contributed by atoms with Crippen molar-refractivity contribution in [1.82, 2.24) is 14.0 Å². The van der Waals surface area contributed by atoms with E-state index in [9.17, 15) is 32.7 Å². The Balaban J connectivity index is 1.49. The molecular formula is C33H35F4N5O4. The first-order valence-corrected chi connectivity index (χ1v) is 14.9. The van der Waals surface area contributed by atoms with Crippen molar-refractivity contribution >= 4 is 11.7 Å². The Hall–Kier alpha value is -4.49. The number of allylic oxidation sites excluding steroid dienone is 4. The van der Waals surface area contributed by atoms with Gasteiger partial charge in [0.2, 0.25) is 5.67 Å². The number of carbonyl (C=O) groups is 1. The molecular weight excluding hydrogens is 606 g/mol. The molecule has 2 aromatic carbocycles. The van der Waals surface area contributed by atoms with Gasteiger partial charge >= 0.3 is 17.8 Å². The molecule has 46 heavy (non-hydrogen) atoms. The lowest BCUT2D eigenvalue weighted by atomic mass is 9.84. The fourth-order valence-electron chi connectivity index (χ4n) is 6.07. The highest BCUT2D eigenvalue weighted by molar-refractivity contribution is 5.87. The molecule has 0 bridgehead atoms. The lowest BCUT2D eigenvalue weighted by Gasteiger charge is -2.37. The van der Waals surface area contributed by atoms with Crippen LogP contribution in [0.4, 0.5) is 23.2 Å². The number of nitrogens with zero attached hydrogens (tertiary/aromatic N) is 4. The number of aromatic nitrogens is 2. The van der Waals surface area contributed by atoms with Gasteiger partial charge in [-0.1, -0.05) is 60.7 Å². The number of carboxylic acid groups (broad SMARTS) is 1. The Bertz CT molecular complexity index is 1760. The molecule has 1 aliphatic carbocycles. The maximum Gasteiger partial charge on any atom is 0.426 e. The van der Waals surface area contributed by atoms with E-state index in [0.717, 1.165) is 26.8 Å². The van der Waals surface area contributed by atoms with Gasteiger partial charge in [-0.3, -0.25) is 18.8 Å². The van der Waals surface area contributed by atoms with Crippen molar-refractivity contribution in [3.63, 3.8) is 0 Å². The molecule has 2 heterocycles. The average Bonchev–Trinajstić information content (AvgIpc) is 3.03. The summed E-state index contributed by atoms with van der Waals surface area (Å²) in [4.78, 5) is 43.1. The normalized spacial score (nSPS) is 21.0. The zero-order valence-corrected chi connectivity index (χ0v) is 25.2. The van der Waals surface area contributed by atoms with E-state index in [-0.39, 0.29) is 23.5 Å². The van der Waals surface area contributed by atoms with E-state index in [1.807, 2.05) is 6.07 Å². The lowest BCUT2D eigenvalue weighted by Crippen LogP contribution is -2.53. The number of benzene rings is 2. The molecule has 0 radical (unpaired) electrons. The van der Waals surface area contributed by atoms with E-state index in [4.69, 9.17) is 5.73 Å². The van der Waals surface area contributed by atoms with Gasteiger partial charge in [-0.25, -0.2) is 14.0 Å². The third kappa shape index (κ3) is 6.56. The monoisotopic (exact) mass is 641 g/mol. The van der Waals surface area contributed by atoms with Crippen LogP contribution < -0.4 is 21.9 Å². The van der Waals surface area contributed by atoms with E-state index in [1.54, 1.807) is 47.4 Å². The molecule has 0 amide bonds. The van der Waals surface area contributed by atoms with E-state index >= 15 is 4.39 Å². The minimum absolute atomic E-state index is 0.134. The standard InChI is InChI=1S/C33H35F4N5O4/c1-22-28(40-16-14-39(15-17-40)19-23-8-7-11-25(18-23)30(44)45)29(43)42(21-27(38)24-9-3-2-4-10-24)31(46)41(22)20-26-12-5-6-13-32(26,34)33(35,36)37/h2-13,18,26-27H,14-17,19-21,38H2,1H3,(H,44,45)/t26?,27-,32?/m0/s1. The summed E-state index contributed by atoms with van der Waals surface area (Å²) in [5, 5.41) is 9.32. The average molecular weight is 642 g/mol. The van der Waals surface area contributed by atoms with Gasteiger partial charge in [0.25, 0.3) is 5.56 Å². The number of hydrogen-bond donors (Lipinski definition) is 2. The van der Waals surface area contributed by atoms with Crippen LogP contribution >= 0.6 is 0 Å². The molecule has 2 aliphatic rings. The van der Waals surface area contributed by atoms with Gasteiger partial charge in [0.15, 0.2) is 0 Å². The van der Waals surface area contributed by atoms with E-state index < -0.39 is 47.6 Å². The number of hydrogen-bond acceptors (Lipinski definition) is 6. The van der Waals surface area contributed by atoms with Crippen molar-refractivity contribution in [2.24, 2.45) is 11.7 Å². The number of alkyl halides is 4. The third-order valence-electron chi connectivity index (χ3n) is 8.68. The first-order chi connectivity index (χ1) is 21.8. The van der Waals surface area contributed by atoms with Crippen molar-refractivity contribution in [3.05, 3.63) is 122 Å². The van der Waals surface area contributed by atoms with Gasteiger partial charge < -0.3 is 15.7 Å². The van der Waals surface area contributed by atoms with Crippen molar-refractivity contribution in [1.29, 1.82) is 0 Å². The fourth-order valence-corrected chi connectivity index (χ4v) is 6.07. The predicted octanol–water partition coefficient (Wildman–Crippen LogP) is 4.05. The number of nitrogens with two attached hydrogens (primary N) is 1. The summed E-state index contributed by atoms with van der Waals surface area (Å²) in [5.74, 6) is -2.78. The second-order valence-corrected chi connectivity index (χ2v) is 11.6. The number of rotatable bonds is 9. The molecule has 1 aliphatic heterocycles. The maximum atomic E-state index is 15.5. The molecule has 244 valence electrons. The molecule has 0 saturated carbocycles. The number of halogens is 4. The number of anilines is 1. The van der Waals surface area contributed by atoms with Crippen LogP contribution in [0.5, 0.6) is 0 Å². The Morgan fingerprint density at radius 1 is 1.02 bits per heavy atom. The zero-order valence-electron chi connectivity index (χ0n) is 25.2. The molecule has 9 nitrogen and oxygen atoms in total. The first-order valence-electron chi connectivity index (χ1n) is 14.9. The molecule has 5 rings (SSSR count). The summed E-state index contributed by atoms with van der Waals surface area (Å²) in [5.41, 5.74) is 3.09. The Kier molecular flexibility index (Phi) is 9.36. The number of piperazine rings is 1. The van der Waals surface area contributed by atoms with Crippen LogP contribution in [-0.2, 0) is 19.6 Å². The van der Waals surface area contributed by atoms with Crippen LogP contribution in [-0.4, -0.2) is 63.1 Å². The summed E-state index contributed by atoms with van der Waals surface area (Å²) >= 11 is 0. The van der Waals surface area contributed by atoms with Crippen LogP contribution in [0.25, 0.3) is 0 Å². The molecule has 13 heteroatoms. The summed E-state index contributed by atoms with van der Waals surface area (Å²) in [6.45, 7) is 2.72.